The molecule has 0 saturated heterocycles. The van der Waals surface area contributed by atoms with Gasteiger partial charge in [-0.25, -0.2) is 4.79 Å². The molecule has 2 aliphatic carbocycles. The van der Waals surface area contributed by atoms with E-state index in [9.17, 15) is 4.79 Å². The Labute approximate surface area is 210 Å². The molecule has 0 N–H and O–H groups in total. The highest BCUT2D eigenvalue weighted by atomic mass is 16.5. The maximum atomic E-state index is 11.0. The number of esters is 1. The Balaban J connectivity index is 1.18. The third kappa shape index (κ3) is 7.20. The van der Waals surface area contributed by atoms with Gasteiger partial charge in [0.15, 0.2) is 0 Å². The van der Waals surface area contributed by atoms with Gasteiger partial charge in [-0.2, -0.15) is 0 Å². The molecule has 4 heteroatoms. The summed E-state index contributed by atoms with van der Waals surface area (Å²) in [5.41, 5.74) is 7.08. The van der Waals surface area contributed by atoms with Crippen molar-refractivity contribution in [3.63, 3.8) is 0 Å². The summed E-state index contributed by atoms with van der Waals surface area (Å²) in [6.45, 7) is 7.45. The first-order chi connectivity index (χ1) is 17.2. The molecule has 0 aliphatic heterocycles. The third-order valence-corrected chi connectivity index (χ3v) is 7.32. The average Bonchev–Trinajstić information content (AvgIpc) is 3.25. The second-order valence-corrected chi connectivity index (χ2v) is 9.99. The van der Waals surface area contributed by atoms with Crippen LogP contribution in [0.25, 0.3) is 11.1 Å². The zero-order chi connectivity index (χ0) is 24.5. The lowest BCUT2D eigenvalue weighted by molar-refractivity contribution is -0.138. The van der Waals surface area contributed by atoms with Crippen LogP contribution in [0.3, 0.4) is 0 Å². The molecule has 2 aliphatic rings. The van der Waals surface area contributed by atoms with E-state index < -0.39 is 0 Å². The van der Waals surface area contributed by atoms with Gasteiger partial charge in [-0.15, -0.1) is 0 Å². The van der Waals surface area contributed by atoms with Crippen LogP contribution >= 0.6 is 0 Å². The molecule has 2 aromatic rings. The van der Waals surface area contributed by atoms with Crippen molar-refractivity contribution in [2.75, 3.05) is 19.8 Å². The van der Waals surface area contributed by atoms with Gasteiger partial charge in [-0.05, 0) is 90.8 Å². The van der Waals surface area contributed by atoms with Crippen LogP contribution in [0.5, 0.6) is 5.75 Å². The zero-order valence-electron chi connectivity index (χ0n) is 21.2. The van der Waals surface area contributed by atoms with Crippen LogP contribution in [-0.4, -0.2) is 31.9 Å². The van der Waals surface area contributed by atoms with Gasteiger partial charge in [0, 0.05) is 12.5 Å². The number of unbranched alkanes of at least 4 members (excludes halogenated alkanes) is 2. The van der Waals surface area contributed by atoms with Crippen LogP contribution in [0.15, 0.2) is 49.1 Å². The number of aryl methyl sites for hydroxylation is 1. The zero-order valence-corrected chi connectivity index (χ0v) is 21.2. The lowest BCUT2D eigenvalue weighted by atomic mass is 9.88. The molecule has 0 heterocycles. The Morgan fingerprint density at radius 3 is 2.51 bits per heavy atom. The van der Waals surface area contributed by atoms with Gasteiger partial charge < -0.3 is 14.2 Å². The van der Waals surface area contributed by atoms with E-state index in [4.69, 9.17) is 14.2 Å². The summed E-state index contributed by atoms with van der Waals surface area (Å²) in [5, 5.41) is 0. The van der Waals surface area contributed by atoms with Crippen molar-refractivity contribution in [1.29, 1.82) is 0 Å². The number of hydrogen-bond donors (Lipinski definition) is 0. The van der Waals surface area contributed by atoms with E-state index in [1.54, 1.807) is 0 Å². The van der Waals surface area contributed by atoms with Gasteiger partial charge in [0.2, 0.25) is 0 Å². The Morgan fingerprint density at radius 2 is 1.74 bits per heavy atom. The average molecular weight is 477 g/mol. The first-order valence-electron chi connectivity index (χ1n) is 13.4. The SMILES string of the molecule is C=CC(=O)OCCCOC1CCC(COc2ccc3c(c2)Cc2cc(CCCCC)ccc2-3)CC1. The fourth-order valence-corrected chi connectivity index (χ4v) is 5.28. The van der Waals surface area contributed by atoms with Gasteiger partial charge in [-0.3, -0.25) is 0 Å². The molecule has 0 radical (unpaired) electrons. The van der Waals surface area contributed by atoms with Crippen molar-refractivity contribution in [1.82, 2.24) is 0 Å². The van der Waals surface area contributed by atoms with E-state index in [1.807, 2.05) is 0 Å². The molecule has 0 bridgehead atoms. The molecule has 0 atom stereocenters. The van der Waals surface area contributed by atoms with Gasteiger partial charge >= 0.3 is 5.97 Å². The van der Waals surface area contributed by atoms with Crippen LogP contribution in [0.4, 0.5) is 0 Å². The Kier molecular flexibility index (Phi) is 9.42. The lowest BCUT2D eigenvalue weighted by Crippen LogP contribution is -2.25. The molecule has 0 spiro atoms. The first kappa shape index (κ1) is 25.5. The fraction of sp³-hybridized carbons (Fsp3) is 0.516. The maximum Gasteiger partial charge on any atom is 0.330 e. The van der Waals surface area contributed by atoms with Gasteiger partial charge in [0.05, 0.1) is 25.9 Å². The summed E-state index contributed by atoms with van der Waals surface area (Å²) >= 11 is 0. The molecule has 1 fully saturated rings. The minimum absolute atomic E-state index is 0.312. The molecular weight excluding hydrogens is 436 g/mol. The maximum absolute atomic E-state index is 11.0. The number of carbonyl (C=O) groups is 1. The quantitative estimate of drug-likeness (QED) is 0.150. The first-order valence-corrected chi connectivity index (χ1v) is 13.4. The monoisotopic (exact) mass is 476 g/mol. The predicted octanol–water partition coefficient (Wildman–Crippen LogP) is 7.06. The van der Waals surface area contributed by atoms with Gasteiger partial charge in [0.25, 0.3) is 0 Å². The molecule has 0 aromatic heterocycles. The number of ether oxygens (including phenoxy) is 3. The van der Waals surface area contributed by atoms with Crippen molar-refractivity contribution in [2.45, 2.75) is 77.2 Å². The van der Waals surface area contributed by atoms with Crippen LogP contribution in [0.2, 0.25) is 0 Å². The second-order valence-electron chi connectivity index (χ2n) is 9.99. The predicted molar refractivity (Wildman–Crippen MR) is 141 cm³/mol. The summed E-state index contributed by atoms with van der Waals surface area (Å²) in [7, 11) is 0. The molecule has 188 valence electrons. The van der Waals surface area contributed by atoms with E-state index in [-0.39, 0.29) is 5.97 Å². The molecular formula is C31H40O4. The lowest BCUT2D eigenvalue weighted by Gasteiger charge is -2.28. The summed E-state index contributed by atoms with van der Waals surface area (Å²) in [4.78, 5) is 11.0. The van der Waals surface area contributed by atoms with Crippen molar-refractivity contribution >= 4 is 5.97 Å². The number of fused-ring (bicyclic) bond motifs is 3. The highest BCUT2D eigenvalue weighted by Crippen LogP contribution is 2.39. The van der Waals surface area contributed by atoms with E-state index in [0.29, 0.717) is 25.2 Å². The summed E-state index contributed by atoms with van der Waals surface area (Å²) in [6, 6.07) is 13.7. The molecule has 0 amide bonds. The van der Waals surface area contributed by atoms with Gasteiger partial charge in [0.1, 0.15) is 5.75 Å². The number of carbonyl (C=O) groups excluding carboxylic acids is 1. The number of rotatable bonds is 13. The standard InChI is InChI=1S/C31H40O4/c1-3-5-6-8-23-11-15-29-25(19-23)20-26-21-28(14-16-30(26)29)35-22-24-9-12-27(13-10-24)33-17-7-18-34-31(32)4-2/h4,11,14-16,19,21,24,27H,2-3,5-10,12-13,17-18,20,22H2,1H3. The van der Waals surface area contributed by atoms with Crippen molar-refractivity contribution in [2.24, 2.45) is 5.92 Å². The Morgan fingerprint density at radius 1 is 0.971 bits per heavy atom. The van der Waals surface area contributed by atoms with Crippen molar-refractivity contribution in [3.05, 3.63) is 65.7 Å². The molecule has 4 rings (SSSR count). The van der Waals surface area contributed by atoms with Crippen LogP contribution < -0.4 is 4.74 Å². The largest absolute Gasteiger partial charge is 0.493 e. The summed E-state index contributed by atoms with van der Waals surface area (Å²) in [5.74, 6) is 1.21. The third-order valence-electron chi connectivity index (χ3n) is 7.32. The van der Waals surface area contributed by atoms with Crippen LogP contribution in [0, 0.1) is 5.92 Å². The highest BCUT2D eigenvalue weighted by Gasteiger charge is 2.23. The summed E-state index contributed by atoms with van der Waals surface area (Å²) < 4.78 is 17.2. The van der Waals surface area contributed by atoms with E-state index >= 15 is 0 Å². The van der Waals surface area contributed by atoms with Crippen molar-refractivity contribution in [3.8, 4) is 16.9 Å². The van der Waals surface area contributed by atoms with Gasteiger partial charge in [-0.1, -0.05) is 50.6 Å². The van der Waals surface area contributed by atoms with E-state index in [1.165, 1.54) is 59.6 Å². The van der Waals surface area contributed by atoms with Crippen LogP contribution in [-0.2, 0) is 27.1 Å². The molecule has 0 unspecified atom stereocenters. The molecule has 4 nitrogen and oxygen atoms in total. The van der Waals surface area contributed by atoms with E-state index in [0.717, 1.165) is 50.9 Å². The Hall–Kier alpha value is -2.59. The van der Waals surface area contributed by atoms with Crippen molar-refractivity contribution < 1.29 is 19.0 Å². The Bertz CT molecular complexity index is 987. The fourth-order valence-electron chi connectivity index (χ4n) is 5.28. The highest BCUT2D eigenvalue weighted by molar-refractivity contribution is 5.81. The topological polar surface area (TPSA) is 44.8 Å². The second kappa shape index (κ2) is 12.9. The van der Waals surface area contributed by atoms with Crippen LogP contribution in [0.1, 0.15) is 75.0 Å². The molecule has 35 heavy (non-hydrogen) atoms. The number of benzene rings is 2. The normalized spacial score (nSPS) is 18.5. The van der Waals surface area contributed by atoms with E-state index in [2.05, 4.69) is 49.9 Å². The smallest absolute Gasteiger partial charge is 0.330 e. The number of hydrogen-bond acceptors (Lipinski definition) is 4. The minimum atomic E-state index is -0.370. The minimum Gasteiger partial charge on any atom is -0.493 e. The summed E-state index contributed by atoms with van der Waals surface area (Å²) in [6.07, 6.45) is 12.7. The molecule has 2 aromatic carbocycles. The molecule has 1 saturated carbocycles.